The Balaban J connectivity index is 1.03. The van der Waals surface area contributed by atoms with E-state index in [2.05, 4.69) is 151 Å². The van der Waals surface area contributed by atoms with Gasteiger partial charge in [-0.15, -0.1) is 11.3 Å². The molecule has 11 rings (SSSR count). The first kappa shape index (κ1) is 32.2. The maximum atomic E-state index is 6.76. The zero-order valence-electron chi connectivity index (χ0n) is 30.1. The highest BCUT2D eigenvalue weighted by Gasteiger charge is 2.20. The molecule has 0 atom stereocenters. The average molecular weight is 734 g/mol. The molecule has 0 amide bonds. The molecule has 4 heterocycles. The molecule has 0 bridgehead atoms. The molecule has 4 aromatic heterocycles. The van der Waals surface area contributed by atoms with Gasteiger partial charge in [0.05, 0.1) is 11.4 Å². The van der Waals surface area contributed by atoms with Crippen molar-refractivity contribution in [1.82, 2.24) is 15.0 Å². The van der Waals surface area contributed by atoms with Gasteiger partial charge in [0, 0.05) is 65.6 Å². The molecule has 0 unspecified atom stereocenters. The SMILES string of the molecule is c1ccc(-c2cc(-c3ccc(-c4ccc(-c5cccc6sc7ccccc7c56)c5oc6ccccc6c45)cc3)nc(-c3ccc(-c4cccnc4)cc3)n2)cc1. The van der Waals surface area contributed by atoms with E-state index < -0.39 is 0 Å². The highest BCUT2D eigenvalue weighted by molar-refractivity contribution is 7.25. The van der Waals surface area contributed by atoms with Gasteiger partial charge >= 0.3 is 0 Å². The number of furan rings is 1. The van der Waals surface area contributed by atoms with Crippen LogP contribution in [0.4, 0.5) is 0 Å². The fourth-order valence-electron chi connectivity index (χ4n) is 7.93. The van der Waals surface area contributed by atoms with Crippen LogP contribution in [-0.2, 0) is 0 Å². The molecule has 0 aliphatic rings. The van der Waals surface area contributed by atoms with Gasteiger partial charge in [-0.05, 0) is 64.2 Å². The van der Waals surface area contributed by atoms with Crippen LogP contribution in [0.3, 0.4) is 0 Å². The zero-order chi connectivity index (χ0) is 37.0. The highest BCUT2D eigenvalue weighted by atomic mass is 32.1. The third kappa shape index (κ3) is 5.48. The van der Waals surface area contributed by atoms with E-state index in [1.54, 1.807) is 6.20 Å². The van der Waals surface area contributed by atoms with Gasteiger partial charge in [-0.1, -0.05) is 140 Å². The second kappa shape index (κ2) is 13.3. The van der Waals surface area contributed by atoms with Crippen molar-refractivity contribution in [2.45, 2.75) is 0 Å². The Labute approximate surface area is 327 Å². The van der Waals surface area contributed by atoms with E-state index in [1.807, 2.05) is 47.9 Å². The van der Waals surface area contributed by atoms with E-state index in [-0.39, 0.29) is 0 Å². The van der Waals surface area contributed by atoms with Crippen molar-refractivity contribution in [2.75, 3.05) is 0 Å². The Morgan fingerprint density at radius 2 is 1.05 bits per heavy atom. The number of pyridine rings is 1. The van der Waals surface area contributed by atoms with Crippen LogP contribution in [0.1, 0.15) is 0 Å². The van der Waals surface area contributed by atoms with Gasteiger partial charge in [0.15, 0.2) is 5.82 Å². The molecule has 0 saturated heterocycles. The normalized spacial score (nSPS) is 11.6. The molecule has 5 heteroatoms. The standard InChI is InChI=1S/C51H31N3OS/c1-2-10-34(11-3-1)43-30-44(54-51(53-43)36-25-19-32(20-26-36)37-12-9-29-52-31-37)35-23-21-33(22-24-35)38-27-28-40(50-49(38)41-13-4-6-16-45(41)55-50)39-15-8-18-47-48(39)42-14-5-7-17-46(42)56-47/h1-31H. The second-order valence-corrected chi connectivity index (χ2v) is 15.0. The summed E-state index contributed by atoms with van der Waals surface area (Å²) in [6.07, 6.45) is 3.67. The summed E-state index contributed by atoms with van der Waals surface area (Å²) in [5.41, 5.74) is 13.2. The lowest BCUT2D eigenvalue weighted by atomic mass is 9.92. The topological polar surface area (TPSA) is 51.8 Å². The number of nitrogens with zero attached hydrogens (tertiary/aromatic N) is 3. The van der Waals surface area contributed by atoms with Gasteiger partial charge in [-0.3, -0.25) is 4.98 Å². The van der Waals surface area contributed by atoms with Crippen molar-refractivity contribution in [3.05, 3.63) is 188 Å². The number of fused-ring (bicyclic) bond motifs is 6. The number of para-hydroxylation sites is 1. The third-order valence-corrected chi connectivity index (χ3v) is 11.8. The molecule has 0 saturated carbocycles. The maximum Gasteiger partial charge on any atom is 0.160 e. The van der Waals surface area contributed by atoms with Crippen LogP contribution in [0.15, 0.2) is 193 Å². The van der Waals surface area contributed by atoms with Gasteiger partial charge in [-0.25, -0.2) is 9.97 Å². The predicted molar refractivity (Wildman–Crippen MR) is 233 cm³/mol. The molecule has 56 heavy (non-hydrogen) atoms. The number of hydrogen-bond donors (Lipinski definition) is 0. The van der Waals surface area contributed by atoms with Crippen molar-refractivity contribution in [1.29, 1.82) is 0 Å². The average Bonchev–Trinajstić information content (AvgIpc) is 3.86. The molecule has 0 radical (unpaired) electrons. The lowest BCUT2D eigenvalue weighted by Crippen LogP contribution is -1.96. The summed E-state index contributed by atoms with van der Waals surface area (Å²) in [6, 6.07) is 61.7. The van der Waals surface area contributed by atoms with E-state index >= 15 is 0 Å². The fourth-order valence-corrected chi connectivity index (χ4v) is 9.06. The molecule has 0 aliphatic carbocycles. The van der Waals surface area contributed by atoms with E-state index in [1.165, 1.54) is 25.7 Å². The smallest absolute Gasteiger partial charge is 0.160 e. The van der Waals surface area contributed by atoms with Gasteiger partial charge < -0.3 is 4.42 Å². The summed E-state index contributed by atoms with van der Waals surface area (Å²) < 4.78 is 9.32. The van der Waals surface area contributed by atoms with Crippen LogP contribution in [0.5, 0.6) is 0 Å². The maximum absolute atomic E-state index is 6.76. The largest absolute Gasteiger partial charge is 0.455 e. The van der Waals surface area contributed by atoms with Gasteiger partial charge in [-0.2, -0.15) is 0 Å². The molecule has 11 aromatic rings. The van der Waals surface area contributed by atoms with Crippen LogP contribution >= 0.6 is 11.3 Å². The number of thiophene rings is 1. The van der Waals surface area contributed by atoms with E-state index in [9.17, 15) is 0 Å². The Morgan fingerprint density at radius 1 is 0.411 bits per heavy atom. The Bertz CT molecular complexity index is 3220. The monoisotopic (exact) mass is 733 g/mol. The molecule has 7 aromatic carbocycles. The fraction of sp³-hybridized carbons (Fsp3) is 0. The molecular weight excluding hydrogens is 703 g/mol. The minimum atomic E-state index is 0.679. The first-order valence-electron chi connectivity index (χ1n) is 18.7. The zero-order valence-corrected chi connectivity index (χ0v) is 30.9. The Hall–Kier alpha value is -7.21. The molecule has 0 fully saturated rings. The Morgan fingerprint density at radius 3 is 1.86 bits per heavy atom. The van der Waals surface area contributed by atoms with E-state index in [4.69, 9.17) is 14.4 Å². The van der Waals surface area contributed by atoms with Crippen molar-refractivity contribution >= 4 is 53.4 Å². The second-order valence-electron chi connectivity index (χ2n) is 14.0. The number of hydrogen-bond acceptors (Lipinski definition) is 5. The summed E-state index contributed by atoms with van der Waals surface area (Å²) in [5.74, 6) is 0.679. The third-order valence-electron chi connectivity index (χ3n) is 10.6. The minimum absolute atomic E-state index is 0.679. The first-order chi connectivity index (χ1) is 27.7. The minimum Gasteiger partial charge on any atom is -0.455 e. The number of aromatic nitrogens is 3. The molecule has 262 valence electrons. The van der Waals surface area contributed by atoms with Crippen molar-refractivity contribution in [3.63, 3.8) is 0 Å². The quantitative estimate of drug-likeness (QED) is 0.171. The van der Waals surface area contributed by atoms with Crippen LogP contribution < -0.4 is 0 Å². The van der Waals surface area contributed by atoms with Gasteiger partial charge in [0.25, 0.3) is 0 Å². The van der Waals surface area contributed by atoms with E-state index in [0.29, 0.717) is 5.82 Å². The lowest BCUT2D eigenvalue weighted by molar-refractivity contribution is 0.670. The molecule has 4 nitrogen and oxygen atoms in total. The summed E-state index contributed by atoms with van der Waals surface area (Å²) in [4.78, 5) is 14.5. The van der Waals surface area contributed by atoms with E-state index in [0.717, 1.165) is 77.8 Å². The lowest BCUT2D eigenvalue weighted by Gasteiger charge is -2.12. The van der Waals surface area contributed by atoms with Crippen LogP contribution in [0, 0.1) is 0 Å². The van der Waals surface area contributed by atoms with Crippen LogP contribution in [0.25, 0.3) is 109 Å². The summed E-state index contributed by atoms with van der Waals surface area (Å²) in [5, 5.41) is 4.77. The molecule has 0 N–H and O–H groups in total. The molecule has 0 aliphatic heterocycles. The summed E-state index contributed by atoms with van der Waals surface area (Å²) in [7, 11) is 0. The summed E-state index contributed by atoms with van der Waals surface area (Å²) in [6.45, 7) is 0. The van der Waals surface area contributed by atoms with Gasteiger partial charge in [0.2, 0.25) is 0 Å². The van der Waals surface area contributed by atoms with Crippen LogP contribution in [0.2, 0.25) is 0 Å². The van der Waals surface area contributed by atoms with Crippen LogP contribution in [-0.4, -0.2) is 15.0 Å². The van der Waals surface area contributed by atoms with Crippen molar-refractivity contribution in [2.24, 2.45) is 0 Å². The van der Waals surface area contributed by atoms with Crippen molar-refractivity contribution < 1.29 is 4.42 Å². The number of rotatable bonds is 6. The van der Waals surface area contributed by atoms with Gasteiger partial charge in [0.1, 0.15) is 11.2 Å². The molecular formula is C51H31N3OS. The predicted octanol–water partition coefficient (Wildman–Crippen LogP) is 14.1. The molecule has 0 spiro atoms. The summed E-state index contributed by atoms with van der Waals surface area (Å²) >= 11 is 1.84. The number of benzene rings is 7. The highest BCUT2D eigenvalue weighted by Crippen LogP contribution is 2.46. The Kier molecular flexibility index (Phi) is 7.64. The van der Waals surface area contributed by atoms with Crippen molar-refractivity contribution in [3.8, 4) is 67.3 Å². The first-order valence-corrected chi connectivity index (χ1v) is 19.5.